The van der Waals surface area contributed by atoms with Gasteiger partial charge in [0.15, 0.2) is 0 Å². The summed E-state index contributed by atoms with van der Waals surface area (Å²) in [6.07, 6.45) is 2.21. The highest BCUT2D eigenvalue weighted by Crippen LogP contribution is 2.21. The molecule has 1 aromatic heterocycles. The van der Waals surface area contributed by atoms with Crippen molar-refractivity contribution < 1.29 is 9.18 Å². The molecule has 0 atom stereocenters. The monoisotopic (exact) mass is 356 g/mol. The van der Waals surface area contributed by atoms with Crippen molar-refractivity contribution in [3.63, 3.8) is 0 Å². The molecule has 2 aromatic rings. The van der Waals surface area contributed by atoms with E-state index in [9.17, 15) is 9.18 Å². The van der Waals surface area contributed by atoms with Crippen molar-refractivity contribution >= 4 is 34.8 Å². The van der Waals surface area contributed by atoms with Crippen LogP contribution in [0.3, 0.4) is 0 Å². The summed E-state index contributed by atoms with van der Waals surface area (Å²) in [4.78, 5) is 12.1. The van der Waals surface area contributed by atoms with Crippen molar-refractivity contribution in [2.24, 2.45) is 5.92 Å². The molecule has 1 aliphatic rings. The Morgan fingerprint density at radius 2 is 2.13 bits per heavy atom. The summed E-state index contributed by atoms with van der Waals surface area (Å²) >= 11 is 1.33. The maximum Gasteiger partial charge on any atom is 0.229 e. The number of hydrogen-bond donors (Lipinski definition) is 2. The summed E-state index contributed by atoms with van der Waals surface area (Å²) in [5.41, 5.74) is 0.840. The molecule has 0 bridgehead atoms. The predicted octanol–water partition coefficient (Wildman–Crippen LogP) is 2.63. The minimum Gasteiger partial charge on any atom is -0.317 e. The van der Waals surface area contributed by atoms with Crippen molar-refractivity contribution in [1.82, 2.24) is 15.5 Å². The summed E-state index contributed by atoms with van der Waals surface area (Å²) in [5, 5.41) is 15.4. The molecule has 2 heterocycles. The zero-order valence-electron chi connectivity index (χ0n) is 12.4. The van der Waals surface area contributed by atoms with E-state index < -0.39 is 0 Å². The number of nitrogens with zero attached hydrogens (tertiary/aromatic N) is 2. The maximum absolute atomic E-state index is 13.2. The third kappa shape index (κ3) is 4.95. The van der Waals surface area contributed by atoms with E-state index in [1.54, 1.807) is 6.07 Å². The van der Waals surface area contributed by atoms with Crippen molar-refractivity contribution in [2.45, 2.75) is 19.3 Å². The molecule has 0 spiro atoms. The zero-order chi connectivity index (χ0) is 15.4. The molecule has 23 heavy (non-hydrogen) atoms. The Morgan fingerprint density at radius 3 is 2.87 bits per heavy atom. The largest absolute Gasteiger partial charge is 0.317 e. The van der Waals surface area contributed by atoms with E-state index in [0.717, 1.165) is 36.5 Å². The minimum atomic E-state index is -0.263. The van der Waals surface area contributed by atoms with Gasteiger partial charge in [-0.3, -0.25) is 4.79 Å². The summed E-state index contributed by atoms with van der Waals surface area (Å²) in [5.74, 6) is -0.215. The number of nitrogens with one attached hydrogen (secondary N) is 2. The van der Waals surface area contributed by atoms with Crippen LogP contribution in [0, 0.1) is 11.7 Å². The van der Waals surface area contributed by atoms with Gasteiger partial charge in [0, 0.05) is 12.3 Å². The summed E-state index contributed by atoms with van der Waals surface area (Å²) in [6.45, 7) is 1.75. The van der Waals surface area contributed by atoms with E-state index in [1.807, 2.05) is 6.07 Å². The quantitative estimate of drug-likeness (QED) is 0.883. The third-order valence-corrected chi connectivity index (χ3v) is 4.49. The van der Waals surface area contributed by atoms with Crippen LogP contribution in [0.15, 0.2) is 24.3 Å². The second-order valence-corrected chi connectivity index (χ2v) is 6.38. The van der Waals surface area contributed by atoms with E-state index in [1.165, 1.54) is 23.5 Å². The molecule has 3 rings (SSSR count). The Hall–Kier alpha value is -1.57. The number of amides is 1. The number of hydrogen-bond acceptors (Lipinski definition) is 5. The van der Waals surface area contributed by atoms with Crippen LogP contribution in [0.4, 0.5) is 9.52 Å². The van der Waals surface area contributed by atoms with E-state index in [0.29, 0.717) is 11.6 Å². The average molecular weight is 357 g/mol. The second kappa shape index (κ2) is 8.33. The molecule has 1 fully saturated rings. The molecule has 1 amide bonds. The van der Waals surface area contributed by atoms with E-state index in [2.05, 4.69) is 20.8 Å². The Kier molecular flexibility index (Phi) is 6.44. The molecule has 8 heteroatoms. The zero-order valence-corrected chi connectivity index (χ0v) is 14.1. The lowest BCUT2D eigenvalue weighted by atomic mass is 9.97. The Morgan fingerprint density at radius 1 is 1.35 bits per heavy atom. The number of carbonyl (C=O) groups excluding carboxylic acids is 1. The second-order valence-electron chi connectivity index (χ2n) is 5.32. The molecule has 124 valence electrons. The van der Waals surface area contributed by atoms with Gasteiger partial charge in [-0.1, -0.05) is 23.5 Å². The highest BCUT2D eigenvalue weighted by Gasteiger charge is 2.21. The van der Waals surface area contributed by atoms with Gasteiger partial charge in [-0.15, -0.1) is 22.6 Å². The highest BCUT2D eigenvalue weighted by molar-refractivity contribution is 7.15. The number of rotatable bonds is 4. The molecule has 0 unspecified atom stereocenters. The van der Waals surface area contributed by atoms with Crippen LogP contribution in [0.25, 0.3) is 0 Å². The molecule has 0 aliphatic carbocycles. The molecule has 0 saturated carbocycles. The SMILES string of the molecule is Cl.O=C(Nc1nnc(Cc2cccc(F)c2)s1)C1CCNCC1. The van der Waals surface area contributed by atoms with Gasteiger partial charge in [-0.25, -0.2) is 4.39 Å². The number of carbonyl (C=O) groups is 1. The van der Waals surface area contributed by atoms with Crippen LogP contribution in [-0.4, -0.2) is 29.2 Å². The molecule has 1 aromatic carbocycles. The van der Waals surface area contributed by atoms with Crippen LogP contribution < -0.4 is 10.6 Å². The first-order valence-corrected chi connectivity index (χ1v) is 8.11. The summed E-state index contributed by atoms with van der Waals surface area (Å²) < 4.78 is 13.2. The van der Waals surface area contributed by atoms with Gasteiger partial charge >= 0.3 is 0 Å². The topological polar surface area (TPSA) is 66.9 Å². The minimum absolute atomic E-state index is 0. The van der Waals surface area contributed by atoms with Gasteiger partial charge in [-0.05, 0) is 43.6 Å². The van der Waals surface area contributed by atoms with Gasteiger partial charge in [0.05, 0.1) is 0 Å². The van der Waals surface area contributed by atoms with Crippen molar-refractivity contribution in [3.8, 4) is 0 Å². The van der Waals surface area contributed by atoms with E-state index in [-0.39, 0.29) is 30.0 Å². The van der Waals surface area contributed by atoms with E-state index >= 15 is 0 Å². The van der Waals surface area contributed by atoms with Crippen LogP contribution in [0.2, 0.25) is 0 Å². The van der Waals surface area contributed by atoms with Crippen LogP contribution in [0.1, 0.15) is 23.4 Å². The lowest BCUT2D eigenvalue weighted by Crippen LogP contribution is -2.34. The van der Waals surface area contributed by atoms with Crippen molar-refractivity contribution in [2.75, 3.05) is 18.4 Å². The number of piperidine rings is 1. The van der Waals surface area contributed by atoms with Crippen LogP contribution >= 0.6 is 23.7 Å². The number of halogens is 2. The standard InChI is InChI=1S/C15H17FN4OS.ClH/c16-12-3-1-2-10(8-12)9-13-19-20-15(22-13)18-14(21)11-4-6-17-7-5-11;/h1-3,8,11,17H,4-7,9H2,(H,18,20,21);1H. The Balaban J connectivity index is 0.00000192. The molecule has 1 aliphatic heterocycles. The van der Waals surface area contributed by atoms with Crippen molar-refractivity contribution in [1.29, 1.82) is 0 Å². The first-order valence-electron chi connectivity index (χ1n) is 7.29. The molecule has 0 radical (unpaired) electrons. The highest BCUT2D eigenvalue weighted by atomic mass is 35.5. The fraction of sp³-hybridized carbons (Fsp3) is 0.400. The smallest absolute Gasteiger partial charge is 0.229 e. The number of anilines is 1. The lowest BCUT2D eigenvalue weighted by Gasteiger charge is -2.20. The van der Waals surface area contributed by atoms with Crippen LogP contribution in [-0.2, 0) is 11.2 Å². The van der Waals surface area contributed by atoms with Gasteiger partial charge in [0.25, 0.3) is 0 Å². The Bertz CT molecular complexity index is 660. The summed E-state index contributed by atoms with van der Waals surface area (Å²) in [7, 11) is 0. The average Bonchev–Trinajstić information content (AvgIpc) is 2.95. The van der Waals surface area contributed by atoms with E-state index in [4.69, 9.17) is 0 Å². The Labute approximate surface area is 144 Å². The summed E-state index contributed by atoms with van der Waals surface area (Å²) in [6, 6.07) is 6.41. The molecular weight excluding hydrogens is 339 g/mol. The predicted molar refractivity (Wildman–Crippen MR) is 90.6 cm³/mol. The van der Waals surface area contributed by atoms with Gasteiger partial charge in [0.1, 0.15) is 10.8 Å². The molecule has 2 N–H and O–H groups in total. The first kappa shape index (κ1) is 17.8. The third-order valence-electron chi connectivity index (χ3n) is 3.65. The number of aromatic nitrogens is 2. The van der Waals surface area contributed by atoms with Crippen molar-refractivity contribution in [3.05, 3.63) is 40.7 Å². The van der Waals surface area contributed by atoms with Gasteiger partial charge in [-0.2, -0.15) is 0 Å². The fourth-order valence-electron chi connectivity index (χ4n) is 2.49. The van der Waals surface area contributed by atoms with Crippen LogP contribution in [0.5, 0.6) is 0 Å². The fourth-order valence-corrected chi connectivity index (χ4v) is 3.27. The first-order chi connectivity index (χ1) is 10.7. The lowest BCUT2D eigenvalue weighted by molar-refractivity contribution is -0.120. The van der Waals surface area contributed by atoms with Gasteiger partial charge < -0.3 is 10.6 Å². The molecule has 1 saturated heterocycles. The number of benzene rings is 1. The maximum atomic E-state index is 13.2. The van der Waals surface area contributed by atoms with Gasteiger partial charge in [0.2, 0.25) is 11.0 Å². The normalized spacial score (nSPS) is 15.0. The molecule has 5 nitrogen and oxygen atoms in total. The molecular formula is C15H18ClFN4OS.